The zero-order valence-corrected chi connectivity index (χ0v) is 16.1. The fourth-order valence-electron chi connectivity index (χ4n) is 3.54. The maximum atomic E-state index is 12.7. The van der Waals surface area contributed by atoms with Crippen molar-refractivity contribution >= 4 is 16.8 Å². The van der Waals surface area contributed by atoms with Crippen LogP contribution in [0.25, 0.3) is 22.2 Å². The van der Waals surface area contributed by atoms with Crippen molar-refractivity contribution in [3.8, 4) is 22.8 Å². The van der Waals surface area contributed by atoms with Crippen molar-refractivity contribution in [3.05, 3.63) is 42.7 Å². The molecule has 1 aromatic carbocycles. The highest BCUT2D eigenvalue weighted by atomic mass is 16.5. The zero-order chi connectivity index (χ0) is 19.5. The van der Waals surface area contributed by atoms with E-state index in [0.29, 0.717) is 37.8 Å². The summed E-state index contributed by atoms with van der Waals surface area (Å²) in [7, 11) is 3.22. The van der Waals surface area contributed by atoms with E-state index in [1.54, 1.807) is 20.4 Å². The summed E-state index contributed by atoms with van der Waals surface area (Å²) in [6.07, 6.45) is 3.72. The summed E-state index contributed by atoms with van der Waals surface area (Å²) in [4.78, 5) is 19.2. The standard InChI is InChI=1S/C21H23N3O4/c1-26-17-4-3-16(13-18(17)27-2)20-21-15(5-7-22-20)6-8-24(21)14-19(25)23-9-11-28-12-10-23/h3-8,13H,9-12,14H2,1-2H3. The van der Waals surface area contributed by atoms with Crippen molar-refractivity contribution in [1.29, 1.82) is 0 Å². The van der Waals surface area contributed by atoms with Gasteiger partial charge in [0, 0.05) is 36.4 Å². The molecule has 1 fully saturated rings. The predicted molar refractivity (Wildman–Crippen MR) is 106 cm³/mol. The van der Waals surface area contributed by atoms with Crippen molar-refractivity contribution < 1.29 is 19.0 Å². The molecule has 0 bridgehead atoms. The largest absolute Gasteiger partial charge is 0.493 e. The molecular formula is C21H23N3O4. The van der Waals surface area contributed by atoms with Gasteiger partial charge in [-0.25, -0.2) is 0 Å². The molecule has 1 saturated heterocycles. The first kappa shape index (κ1) is 18.3. The molecule has 28 heavy (non-hydrogen) atoms. The molecular weight excluding hydrogens is 358 g/mol. The lowest BCUT2D eigenvalue weighted by atomic mass is 10.1. The highest BCUT2D eigenvalue weighted by Gasteiger charge is 2.19. The Bertz CT molecular complexity index is 992. The number of carbonyl (C=O) groups is 1. The van der Waals surface area contributed by atoms with Gasteiger partial charge in [-0.2, -0.15) is 0 Å². The maximum absolute atomic E-state index is 12.7. The third kappa shape index (κ3) is 3.41. The molecule has 1 amide bonds. The Balaban J connectivity index is 1.72. The summed E-state index contributed by atoms with van der Waals surface area (Å²) in [5.74, 6) is 1.39. The van der Waals surface area contributed by atoms with E-state index in [1.807, 2.05) is 46.0 Å². The van der Waals surface area contributed by atoms with Crippen LogP contribution >= 0.6 is 0 Å². The first-order chi connectivity index (χ1) is 13.7. The predicted octanol–water partition coefficient (Wildman–Crippen LogP) is 2.58. The van der Waals surface area contributed by atoms with Gasteiger partial charge in [0.05, 0.1) is 38.6 Å². The lowest BCUT2D eigenvalue weighted by Gasteiger charge is -2.27. The minimum Gasteiger partial charge on any atom is -0.493 e. The van der Waals surface area contributed by atoms with Crippen LogP contribution in [-0.2, 0) is 16.1 Å². The molecule has 0 aliphatic carbocycles. The van der Waals surface area contributed by atoms with Crippen LogP contribution < -0.4 is 9.47 Å². The minimum absolute atomic E-state index is 0.0860. The van der Waals surface area contributed by atoms with Crippen LogP contribution in [0.4, 0.5) is 0 Å². The molecule has 7 heteroatoms. The monoisotopic (exact) mass is 381 g/mol. The molecule has 0 spiro atoms. The zero-order valence-electron chi connectivity index (χ0n) is 16.1. The van der Waals surface area contributed by atoms with E-state index in [-0.39, 0.29) is 12.5 Å². The van der Waals surface area contributed by atoms with Gasteiger partial charge in [-0.3, -0.25) is 9.78 Å². The van der Waals surface area contributed by atoms with Crippen LogP contribution in [0.15, 0.2) is 42.7 Å². The first-order valence-electron chi connectivity index (χ1n) is 9.23. The quantitative estimate of drug-likeness (QED) is 0.680. The Morgan fingerprint density at radius 3 is 2.64 bits per heavy atom. The Morgan fingerprint density at radius 1 is 1.11 bits per heavy atom. The van der Waals surface area contributed by atoms with Crippen LogP contribution in [0.1, 0.15) is 0 Å². The fraction of sp³-hybridized carbons (Fsp3) is 0.333. The van der Waals surface area contributed by atoms with E-state index < -0.39 is 0 Å². The number of nitrogens with zero attached hydrogens (tertiary/aromatic N) is 3. The number of amides is 1. The Labute approximate surface area is 163 Å². The van der Waals surface area contributed by atoms with Gasteiger partial charge in [-0.05, 0) is 30.3 Å². The number of ether oxygens (including phenoxy) is 3. The van der Waals surface area contributed by atoms with Crippen molar-refractivity contribution in [1.82, 2.24) is 14.5 Å². The number of morpholine rings is 1. The lowest BCUT2D eigenvalue weighted by molar-refractivity contribution is -0.135. The second kappa shape index (κ2) is 7.90. The normalized spacial score (nSPS) is 14.3. The lowest BCUT2D eigenvalue weighted by Crippen LogP contribution is -2.42. The number of fused-ring (bicyclic) bond motifs is 1. The molecule has 0 radical (unpaired) electrons. The van der Waals surface area contributed by atoms with E-state index >= 15 is 0 Å². The summed E-state index contributed by atoms with van der Waals surface area (Å²) in [5.41, 5.74) is 2.64. The third-order valence-electron chi connectivity index (χ3n) is 5.00. The highest BCUT2D eigenvalue weighted by molar-refractivity contribution is 5.93. The summed E-state index contributed by atoms with van der Waals surface area (Å²) < 4.78 is 18.1. The molecule has 3 aromatic rings. The van der Waals surface area contributed by atoms with Gasteiger partial charge in [-0.15, -0.1) is 0 Å². The van der Waals surface area contributed by atoms with Gasteiger partial charge in [0.1, 0.15) is 6.54 Å². The average Bonchev–Trinajstić information content (AvgIpc) is 3.16. The average molecular weight is 381 g/mol. The number of benzene rings is 1. The molecule has 2 aromatic heterocycles. The van der Waals surface area contributed by atoms with Crippen LogP contribution in [0, 0.1) is 0 Å². The van der Waals surface area contributed by atoms with E-state index in [1.165, 1.54) is 0 Å². The molecule has 1 aliphatic rings. The SMILES string of the molecule is COc1ccc(-c2nccc3ccn(CC(=O)N4CCOCC4)c23)cc1OC. The minimum atomic E-state index is 0.0860. The van der Waals surface area contributed by atoms with Gasteiger partial charge < -0.3 is 23.7 Å². The van der Waals surface area contributed by atoms with Gasteiger partial charge in [0.2, 0.25) is 5.91 Å². The van der Waals surface area contributed by atoms with Gasteiger partial charge in [-0.1, -0.05) is 0 Å². The maximum Gasteiger partial charge on any atom is 0.242 e. The van der Waals surface area contributed by atoms with E-state index in [0.717, 1.165) is 22.2 Å². The van der Waals surface area contributed by atoms with Crippen molar-refractivity contribution in [2.75, 3.05) is 40.5 Å². The second-order valence-electron chi connectivity index (χ2n) is 6.60. The van der Waals surface area contributed by atoms with Gasteiger partial charge in [0.15, 0.2) is 11.5 Å². The summed E-state index contributed by atoms with van der Waals surface area (Å²) in [6, 6.07) is 9.68. The van der Waals surface area contributed by atoms with Gasteiger partial charge >= 0.3 is 0 Å². The summed E-state index contributed by atoms with van der Waals surface area (Å²) >= 11 is 0. The van der Waals surface area contributed by atoms with E-state index in [9.17, 15) is 4.79 Å². The molecule has 0 atom stereocenters. The van der Waals surface area contributed by atoms with Crippen LogP contribution in [0.5, 0.6) is 11.5 Å². The van der Waals surface area contributed by atoms with Crippen molar-refractivity contribution in [2.45, 2.75) is 6.54 Å². The van der Waals surface area contributed by atoms with E-state index in [4.69, 9.17) is 14.2 Å². The number of aromatic nitrogens is 2. The summed E-state index contributed by atoms with van der Waals surface area (Å²) in [5, 5.41) is 1.04. The van der Waals surface area contributed by atoms with Crippen molar-refractivity contribution in [3.63, 3.8) is 0 Å². The Morgan fingerprint density at radius 2 is 1.89 bits per heavy atom. The smallest absolute Gasteiger partial charge is 0.242 e. The molecule has 7 nitrogen and oxygen atoms in total. The number of hydrogen-bond donors (Lipinski definition) is 0. The number of methoxy groups -OCH3 is 2. The van der Waals surface area contributed by atoms with Crippen LogP contribution in [0.3, 0.4) is 0 Å². The van der Waals surface area contributed by atoms with E-state index in [2.05, 4.69) is 4.98 Å². The van der Waals surface area contributed by atoms with Crippen LogP contribution in [0.2, 0.25) is 0 Å². The molecule has 0 N–H and O–H groups in total. The van der Waals surface area contributed by atoms with Crippen molar-refractivity contribution in [2.24, 2.45) is 0 Å². The topological polar surface area (TPSA) is 65.8 Å². The Hall–Kier alpha value is -3.06. The number of pyridine rings is 1. The molecule has 4 rings (SSSR count). The summed E-state index contributed by atoms with van der Waals surface area (Å²) in [6.45, 7) is 2.74. The fourth-order valence-corrected chi connectivity index (χ4v) is 3.54. The first-order valence-corrected chi connectivity index (χ1v) is 9.23. The number of carbonyl (C=O) groups excluding carboxylic acids is 1. The molecule has 1 aliphatic heterocycles. The third-order valence-corrected chi connectivity index (χ3v) is 5.00. The van der Waals surface area contributed by atoms with Gasteiger partial charge in [0.25, 0.3) is 0 Å². The number of hydrogen-bond acceptors (Lipinski definition) is 5. The number of rotatable bonds is 5. The molecule has 0 saturated carbocycles. The molecule has 146 valence electrons. The molecule has 0 unspecified atom stereocenters. The highest BCUT2D eigenvalue weighted by Crippen LogP contribution is 2.34. The van der Waals surface area contributed by atoms with Crippen LogP contribution in [-0.4, -0.2) is 60.9 Å². The molecule has 3 heterocycles. The Kier molecular flexibility index (Phi) is 5.16. The second-order valence-corrected chi connectivity index (χ2v) is 6.60.